The largest absolute Gasteiger partial charge is 0.494 e. The average molecular weight is 583 g/mol. The van der Waals surface area contributed by atoms with Gasteiger partial charge >= 0.3 is 6.09 Å². The van der Waals surface area contributed by atoms with Gasteiger partial charge in [0.2, 0.25) is 11.8 Å². The normalized spacial score (nSPS) is 14.6. The van der Waals surface area contributed by atoms with Crippen molar-refractivity contribution in [1.82, 2.24) is 31.3 Å². The Morgan fingerprint density at radius 2 is 1.64 bits per heavy atom. The molecule has 15 nitrogen and oxygen atoms in total. The number of aromatic nitrogens is 2. The number of anilines is 3. The molecule has 0 unspecified atom stereocenters. The van der Waals surface area contributed by atoms with E-state index in [1.54, 1.807) is 32.9 Å². The molecule has 1 saturated carbocycles. The van der Waals surface area contributed by atoms with Crippen LogP contribution in [0.2, 0.25) is 0 Å². The Labute approximate surface area is 242 Å². The number of likely N-dealkylation sites (tertiary alicyclic amines) is 1. The predicted octanol–water partition coefficient (Wildman–Crippen LogP) is 1.56. The molecule has 1 aromatic heterocycles. The third kappa shape index (κ3) is 7.21. The van der Waals surface area contributed by atoms with Gasteiger partial charge in [0.05, 0.1) is 30.0 Å². The minimum atomic E-state index is -0.663. The van der Waals surface area contributed by atoms with Gasteiger partial charge in [-0.2, -0.15) is 0 Å². The summed E-state index contributed by atoms with van der Waals surface area (Å²) < 4.78 is 10.8. The Bertz CT molecular complexity index is 1400. The number of benzene rings is 1. The van der Waals surface area contributed by atoms with E-state index in [4.69, 9.17) is 9.47 Å². The highest BCUT2D eigenvalue weighted by Gasteiger charge is 2.38. The summed E-state index contributed by atoms with van der Waals surface area (Å²) in [5.74, 6) is -2.14. The molecule has 5 amide bonds. The SMILES string of the molecule is CNC(=O)c1nnc(NC(=O)C2CC2)cc1Nc1cccc(C(=O)NNC(=O)C2CN(C(=O)OC(C)(C)C)C2)c1OC. The highest BCUT2D eigenvalue weighted by molar-refractivity contribution is 6.02. The number of methoxy groups -OCH3 is 1. The molecule has 0 spiro atoms. The van der Waals surface area contributed by atoms with Crippen LogP contribution in [0, 0.1) is 11.8 Å². The molecule has 1 aliphatic carbocycles. The van der Waals surface area contributed by atoms with Gasteiger partial charge in [0.15, 0.2) is 17.3 Å². The van der Waals surface area contributed by atoms with E-state index in [0.29, 0.717) is 5.69 Å². The summed E-state index contributed by atoms with van der Waals surface area (Å²) in [7, 11) is 2.80. The van der Waals surface area contributed by atoms with Gasteiger partial charge in [-0.15, -0.1) is 10.2 Å². The van der Waals surface area contributed by atoms with Crippen LogP contribution < -0.4 is 31.5 Å². The predicted molar refractivity (Wildman–Crippen MR) is 150 cm³/mol. The van der Waals surface area contributed by atoms with Gasteiger partial charge in [-0.05, 0) is 45.7 Å². The van der Waals surface area contributed by atoms with Crippen LogP contribution in [0.4, 0.5) is 22.0 Å². The van der Waals surface area contributed by atoms with Gasteiger partial charge in [-0.3, -0.25) is 30.0 Å². The van der Waals surface area contributed by atoms with Gasteiger partial charge < -0.3 is 30.3 Å². The molecule has 15 heteroatoms. The number of amides is 5. The fraction of sp³-hybridized carbons (Fsp3) is 0.444. The minimum absolute atomic E-state index is 0.0491. The van der Waals surface area contributed by atoms with E-state index in [1.807, 2.05) is 0 Å². The van der Waals surface area contributed by atoms with Crippen molar-refractivity contribution >= 4 is 46.9 Å². The van der Waals surface area contributed by atoms with Crippen LogP contribution in [0.5, 0.6) is 5.75 Å². The van der Waals surface area contributed by atoms with Crippen LogP contribution in [0.3, 0.4) is 0 Å². The lowest BCUT2D eigenvalue weighted by Crippen LogP contribution is -2.58. The molecule has 1 saturated heterocycles. The molecule has 5 N–H and O–H groups in total. The fourth-order valence-corrected chi connectivity index (χ4v) is 3.99. The van der Waals surface area contributed by atoms with Gasteiger partial charge in [0.1, 0.15) is 5.60 Å². The summed E-state index contributed by atoms with van der Waals surface area (Å²) in [6, 6.07) is 6.15. The molecular formula is C27H34N8O7. The first-order valence-corrected chi connectivity index (χ1v) is 13.3. The van der Waals surface area contributed by atoms with E-state index in [0.717, 1.165) is 12.8 Å². The Balaban J connectivity index is 1.43. The van der Waals surface area contributed by atoms with E-state index in [1.165, 1.54) is 31.2 Å². The number of hydrogen-bond acceptors (Lipinski definition) is 10. The molecule has 2 heterocycles. The number of ether oxygens (including phenoxy) is 2. The quantitative estimate of drug-likeness (QED) is 0.285. The van der Waals surface area contributed by atoms with Crippen molar-refractivity contribution in [3.8, 4) is 5.75 Å². The summed E-state index contributed by atoms with van der Waals surface area (Å²) in [5.41, 5.74) is 4.65. The van der Waals surface area contributed by atoms with Crippen molar-refractivity contribution in [1.29, 1.82) is 0 Å². The smallest absolute Gasteiger partial charge is 0.410 e. The van der Waals surface area contributed by atoms with E-state index >= 15 is 0 Å². The van der Waals surface area contributed by atoms with E-state index in [-0.39, 0.29) is 53.4 Å². The fourth-order valence-electron chi connectivity index (χ4n) is 3.99. The lowest BCUT2D eigenvalue weighted by Gasteiger charge is -2.38. The van der Waals surface area contributed by atoms with Crippen LogP contribution in [0.15, 0.2) is 24.3 Å². The molecule has 0 bridgehead atoms. The Hall–Kier alpha value is -4.95. The molecule has 2 aliphatic rings. The minimum Gasteiger partial charge on any atom is -0.494 e. The lowest BCUT2D eigenvalue weighted by molar-refractivity contribution is -0.130. The van der Waals surface area contributed by atoms with Crippen LogP contribution in [0.1, 0.15) is 54.5 Å². The molecule has 1 aromatic carbocycles. The van der Waals surface area contributed by atoms with Crippen LogP contribution in [0.25, 0.3) is 0 Å². The topological polar surface area (TPSA) is 193 Å². The maximum atomic E-state index is 13.0. The van der Waals surface area contributed by atoms with Crippen LogP contribution >= 0.6 is 0 Å². The zero-order valence-electron chi connectivity index (χ0n) is 24.0. The molecule has 2 fully saturated rings. The highest BCUT2D eigenvalue weighted by atomic mass is 16.6. The second kappa shape index (κ2) is 12.3. The molecule has 42 heavy (non-hydrogen) atoms. The Morgan fingerprint density at radius 1 is 0.929 bits per heavy atom. The van der Waals surface area contributed by atoms with Crippen molar-refractivity contribution in [2.75, 3.05) is 37.9 Å². The third-order valence-electron chi connectivity index (χ3n) is 6.37. The number of rotatable bonds is 8. The van der Waals surface area contributed by atoms with E-state index in [9.17, 15) is 24.0 Å². The first-order valence-electron chi connectivity index (χ1n) is 13.3. The number of carbonyl (C=O) groups is 5. The number of carbonyl (C=O) groups excluding carboxylic acids is 5. The average Bonchev–Trinajstić information content (AvgIpc) is 3.75. The summed E-state index contributed by atoms with van der Waals surface area (Å²) in [5, 5.41) is 16.1. The standard InChI is InChI=1S/C27H34N8O7/c1-27(2,3)42-26(40)35-12-15(13-35)23(37)33-34-24(38)16-7-6-8-17(21(16)41-5)29-18-11-19(30-22(36)14-9-10-14)31-32-20(18)25(39)28-4/h6-8,11,14-15H,9-10,12-13H2,1-5H3,(H,28,39)(H,33,37)(H,34,38)(H2,29,30,31,36). The van der Waals surface area contributed by atoms with E-state index in [2.05, 4.69) is 37.0 Å². The maximum absolute atomic E-state index is 13.0. The number of hydrazine groups is 1. The molecule has 0 atom stereocenters. The molecule has 4 rings (SSSR count). The van der Waals surface area contributed by atoms with Crippen molar-refractivity contribution in [2.24, 2.45) is 11.8 Å². The molecule has 0 radical (unpaired) electrons. The Morgan fingerprint density at radius 3 is 2.26 bits per heavy atom. The molecule has 1 aliphatic heterocycles. The third-order valence-corrected chi connectivity index (χ3v) is 6.37. The number of hydrogen-bond donors (Lipinski definition) is 5. The summed E-state index contributed by atoms with van der Waals surface area (Å²) in [4.78, 5) is 63.7. The monoisotopic (exact) mass is 582 g/mol. The number of nitrogens with zero attached hydrogens (tertiary/aromatic N) is 3. The molecule has 224 valence electrons. The zero-order valence-corrected chi connectivity index (χ0v) is 24.0. The second-order valence-electron chi connectivity index (χ2n) is 10.9. The van der Waals surface area contributed by atoms with E-state index < -0.39 is 35.3 Å². The number of nitrogens with one attached hydrogen (secondary N) is 5. The summed E-state index contributed by atoms with van der Waals surface area (Å²) in [6.45, 7) is 5.59. The Kier molecular flexibility index (Phi) is 8.78. The van der Waals surface area contributed by atoms with Gasteiger partial charge in [0.25, 0.3) is 11.8 Å². The van der Waals surface area contributed by atoms with Gasteiger partial charge in [0, 0.05) is 32.1 Å². The molecule has 2 aromatic rings. The van der Waals surface area contributed by atoms with Crippen molar-refractivity contribution in [3.05, 3.63) is 35.5 Å². The molecular weight excluding hydrogens is 548 g/mol. The second-order valence-corrected chi connectivity index (χ2v) is 10.9. The zero-order chi connectivity index (χ0) is 30.6. The highest BCUT2D eigenvalue weighted by Crippen LogP contribution is 2.34. The van der Waals surface area contributed by atoms with Crippen LogP contribution in [-0.2, 0) is 14.3 Å². The number of para-hydroxylation sites is 1. The summed E-state index contributed by atoms with van der Waals surface area (Å²) in [6.07, 6.45) is 1.10. The van der Waals surface area contributed by atoms with Crippen LogP contribution in [-0.4, -0.2) is 77.7 Å². The van der Waals surface area contributed by atoms with Crippen molar-refractivity contribution < 1.29 is 33.4 Å². The first-order chi connectivity index (χ1) is 19.9. The summed E-state index contributed by atoms with van der Waals surface area (Å²) >= 11 is 0. The lowest BCUT2D eigenvalue weighted by atomic mass is 10.0. The van der Waals surface area contributed by atoms with Gasteiger partial charge in [-0.25, -0.2) is 4.79 Å². The first kappa shape index (κ1) is 30.0. The van der Waals surface area contributed by atoms with Crippen molar-refractivity contribution in [2.45, 2.75) is 39.2 Å². The maximum Gasteiger partial charge on any atom is 0.410 e. The van der Waals surface area contributed by atoms with Gasteiger partial charge in [-0.1, -0.05) is 6.07 Å². The van der Waals surface area contributed by atoms with Crippen molar-refractivity contribution in [3.63, 3.8) is 0 Å².